The molecule has 3 saturated heterocycles. The van der Waals surface area contributed by atoms with Gasteiger partial charge in [0, 0.05) is 63.2 Å². The van der Waals surface area contributed by atoms with Gasteiger partial charge in [-0.05, 0) is 93.6 Å². The van der Waals surface area contributed by atoms with Crippen LogP contribution in [-0.2, 0) is 23.8 Å². The maximum Gasteiger partial charge on any atom is 0.239 e. The quantitative estimate of drug-likeness (QED) is 0.0929. The number of carbonyl (C=O) groups is 2. The normalized spacial score (nSPS) is 46.7. The van der Waals surface area contributed by atoms with Gasteiger partial charge in [0.1, 0.15) is 24.0 Å². The van der Waals surface area contributed by atoms with Crippen molar-refractivity contribution in [2.75, 3.05) is 40.0 Å². The lowest BCUT2D eigenvalue weighted by molar-refractivity contribution is -0.345. The van der Waals surface area contributed by atoms with Crippen molar-refractivity contribution in [1.82, 2.24) is 10.2 Å². The highest BCUT2D eigenvalue weighted by atomic mass is 16.6. The number of amides is 1. The Labute approximate surface area is 294 Å². The molecule has 0 spiro atoms. The lowest BCUT2D eigenvalue weighted by atomic mass is 9.45. The molecule has 0 radical (unpaired) electrons. The van der Waals surface area contributed by atoms with Crippen molar-refractivity contribution in [3.63, 3.8) is 0 Å². The number of rotatable bonds is 10. The van der Waals surface area contributed by atoms with Gasteiger partial charge >= 0.3 is 0 Å². The van der Waals surface area contributed by atoms with E-state index < -0.39 is 71.2 Å². The zero-order chi connectivity index (χ0) is 36.0. The molecule has 3 aliphatic heterocycles. The number of carbonyl (C=O) groups excluding carboxylic acids is 2. The molecule has 282 valence electrons. The molecule has 3 heterocycles. The molecule has 50 heavy (non-hydrogen) atoms. The fourth-order valence-corrected chi connectivity index (χ4v) is 11.7. The van der Waals surface area contributed by atoms with Crippen molar-refractivity contribution in [3.8, 4) is 0 Å². The third kappa shape index (κ3) is 5.40. The van der Waals surface area contributed by atoms with Crippen molar-refractivity contribution < 1.29 is 54.4 Å². The van der Waals surface area contributed by atoms with E-state index in [0.29, 0.717) is 51.1 Å². The van der Waals surface area contributed by atoms with E-state index in [0.717, 1.165) is 19.3 Å². The van der Waals surface area contributed by atoms with E-state index in [1.807, 2.05) is 6.92 Å². The van der Waals surface area contributed by atoms with E-state index in [1.54, 1.807) is 18.1 Å². The zero-order valence-electron chi connectivity index (χ0n) is 29.9. The van der Waals surface area contributed by atoms with Gasteiger partial charge in [-0.25, -0.2) is 0 Å². The first-order valence-corrected chi connectivity index (χ1v) is 18.8. The van der Waals surface area contributed by atoms with Crippen LogP contribution in [0.25, 0.3) is 0 Å². The molecule has 7 rings (SSSR count). The molecule has 0 aromatic carbocycles. The van der Waals surface area contributed by atoms with E-state index in [-0.39, 0.29) is 54.3 Å². The third-order valence-electron chi connectivity index (χ3n) is 14.8. The first kappa shape index (κ1) is 36.8. The van der Waals surface area contributed by atoms with Crippen LogP contribution in [0.4, 0.5) is 0 Å². The maximum atomic E-state index is 13.9. The van der Waals surface area contributed by atoms with Crippen LogP contribution in [0.5, 0.6) is 0 Å². The van der Waals surface area contributed by atoms with E-state index in [9.17, 15) is 40.2 Å². The van der Waals surface area contributed by atoms with E-state index in [1.165, 1.54) is 6.92 Å². The zero-order valence-corrected chi connectivity index (χ0v) is 29.9. The Kier molecular flexibility index (Phi) is 9.43. The Balaban J connectivity index is 1.12. The molecule has 7 aliphatic rings. The van der Waals surface area contributed by atoms with Crippen LogP contribution in [0.1, 0.15) is 78.6 Å². The monoisotopic (exact) mass is 706 g/mol. The minimum atomic E-state index is -2.90. The summed E-state index contributed by atoms with van der Waals surface area (Å²) in [5.41, 5.74) is -4.36. The Morgan fingerprint density at radius 3 is 2.50 bits per heavy atom. The fraction of sp³-hybridized carbons (Fsp3) is 0.892. The number of allylic oxidation sites excluding steroid dienone is 1. The Morgan fingerprint density at radius 2 is 1.82 bits per heavy atom. The molecule has 13 nitrogen and oxygen atoms in total. The highest BCUT2D eigenvalue weighted by molar-refractivity contribution is 5.95. The van der Waals surface area contributed by atoms with Gasteiger partial charge in [0.15, 0.2) is 5.78 Å². The molecule has 1 amide bonds. The first-order chi connectivity index (χ1) is 23.5. The van der Waals surface area contributed by atoms with Gasteiger partial charge in [-0.1, -0.05) is 13.8 Å². The second-order valence-corrected chi connectivity index (χ2v) is 17.3. The number of nitrogens with one attached hydrogen (secondary N) is 1. The van der Waals surface area contributed by atoms with E-state index in [2.05, 4.69) is 12.2 Å². The summed E-state index contributed by atoms with van der Waals surface area (Å²) in [5.74, 6) is -5.60. The van der Waals surface area contributed by atoms with Crippen LogP contribution in [0.15, 0.2) is 11.6 Å². The Bertz CT molecular complexity index is 1370. The smallest absolute Gasteiger partial charge is 0.239 e. The fourth-order valence-electron chi connectivity index (χ4n) is 11.7. The van der Waals surface area contributed by atoms with Gasteiger partial charge in [-0.3, -0.25) is 14.9 Å². The van der Waals surface area contributed by atoms with Crippen LogP contribution in [0, 0.1) is 40.4 Å². The van der Waals surface area contributed by atoms with Crippen molar-refractivity contribution in [2.45, 2.75) is 126 Å². The van der Waals surface area contributed by atoms with Crippen molar-refractivity contribution in [2.24, 2.45) is 40.4 Å². The molecule has 3 saturated carbocycles. The molecule has 0 bridgehead atoms. The van der Waals surface area contributed by atoms with Crippen molar-refractivity contribution in [3.05, 3.63) is 11.6 Å². The largest absolute Gasteiger partial charge is 0.396 e. The second-order valence-electron chi connectivity index (χ2n) is 17.3. The van der Waals surface area contributed by atoms with Gasteiger partial charge < -0.3 is 49.7 Å². The number of hydrogen-bond acceptors (Lipinski definition) is 12. The summed E-state index contributed by atoms with van der Waals surface area (Å²) in [6.45, 7) is 7.39. The number of nitrogens with zero attached hydrogens (tertiary/aromatic N) is 1. The highest BCUT2D eigenvalue weighted by Crippen LogP contribution is 2.69. The summed E-state index contributed by atoms with van der Waals surface area (Å²) in [5, 5.41) is 73.5. The van der Waals surface area contributed by atoms with E-state index in [4.69, 9.17) is 14.2 Å². The molecule has 0 unspecified atom stereocenters. The molecule has 13 heteroatoms. The summed E-state index contributed by atoms with van der Waals surface area (Å²) >= 11 is 0. The average molecular weight is 707 g/mol. The summed E-state index contributed by atoms with van der Waals surface area (Å²) < 4.78 is 17.4. The number of hydrogen-bond donors (Lipinski definition) is 7. The Hall–Kier alpha value is -1.52. The van der Waals surface area contributed by atoms with Gasteiger partial charge in [0.05, 0.1) is 17.7 Å². The van der Waals surface area contributed by atoms with Gasteiger partial charge in [-0.2, -0.15) is 0 Å². The molecular weight excluding hydrogens is 648 g/mol. The van der Waals surface area contributed by atoms with Crippen LogP contribution >= 0.6 is 0 Å². The SMILES string of the molecule is COCCCO[C@H]1CC[C@@]2(C)[C@@H](C1)C(=O)C=C1[C@@H]2CC[C@]2(C)[C@@H]([C@](C)(O)C(O)(O)[C@H]3O[C@@H]4[C@H](C[C@@H](C(=O)N5CC5)N[C@H]4O)[C@H]3CO)CC[C@@]12O. The minimum Gasteiger partial charge on any atom is -0.396 e. The summed E-state index contributed by atoms with van der Waals surface area (Å²) in [7, 11) is 1.66. The third-order valence-corrected chi connectivity index (χ3v) is 14.8. The molecule has 6 fully saturated rings. The number of piperidine rings is 1. The maximum absolute atomic E-state index is 13.9. The predicted molar refractivity (Wildman–Crippen MR) is 178 cm³/mol. The lowest BCUT2D eigenvalue weighted by Crippen LogP contribution is -2.68. The highest BCUT2D eigenvalue weighted by Gasteiger charge is 2.73. The average Bonchev–Trinajstić information content (AvgIpc) is 3.78. The van der Waals surface area contributed by atoms with Crippen LogP contribution in [0.3, 0.4) is 0 Å². The van der Waals surface area contributed by atoms with Crippen molar-refractivity contribution in [1.29, 1.82) is 0 Å². The number of methoxy groups -OCH3 is 1. The molecular formula is C37H58N2O11. The number of fused-ring (bicyclic) bond motifs is 6. The van der Waals surface area contributed by atoms with Crippen LogP contribution in [-0.4, -0.2) is 135 Å². The van der Waals surface area contributed by atoms with Gasteiger partial charge in [0.25, 0.3) is 0 Å². The van der Waals surface area contributed by atoms with E-state index >= 15 is 0 Å². The first-order valence-electron chi connectivity index (χ1n) is 18.8. The molecule has 0 aromatic heterocycles. The van der Waals surface area contributed by atoms with Gasteiger partial charge in [-0.15, -0.1) is 0 Å². The predicted octanol–water partition coefficient (Wildman–Crippen LogP) is 0.228. The minimum absolute atomic E-state index is 0.00223. The Morgan fingerprint density at radius 1 is 1.08 bits per heavy atom. The van der Waals surface area contributed by atoms with Gasteiger partial charge in [0.2, 0.25) is 11.7 Å². The summed E-state index contributed by atoms with van der Waals surface area (Å²) in [6.07, 6.45) is 2.90. The van der Waals surface area contributed by atoms with Crippen LogP contribution < -0.4 is 5.32 Å². The number of aliphatic hydroxyl groups excluding tert-OH is 2. The standard InChI is InChI=1S/C37H58N2O11/c1-33-9-6-20(49-15-5-14-48-4)16-25(33)27(41)18-24-23(33)7-10-34(2)28(8-11-36(24,34)45)35(3,44)37(46,47)30-22(19-40)21-17-26(32(43)39-12-13-39)38-31(42)29(21)50-30/h18,20-23,25-26,28-31,38,40,42,44-47H,5-17,19H2,1-4H3/t20-,21+,22+,23-,25-,26-,28-,29+,30-,31-,33+,34+,35-,36+/m0/s1. The molecule has 4 aliphatic carbocycles. The number of ether oxygens (including phenoxy) is 3. The summed E-state index contributed by atoms with van der Waals surface area (Å²) in [6, 6.07) is -0.701. The topological polar surface area (TPSA) is 198 Å². The van der Waals surface area contributed by atoms with Crippen molar-refractivity contribution >= 4 is 11.7 Å². The summed E-state index contributed by atoms with van der Waals surface area (Å²) in [4.78, 5) is 28.4. The number of ketones is 1. The van der Waals surface area contributed by atoms with Crippen LogP contribution in [0.2, 0.25) is 0 Å². The second kappa shape index (κ2) is 12.8. The molecule has 7 N–H and O–H groups in total. The lowest BCUT2D eigenvalue weighted by Gasteiger charge is -2.61. The number of aliphatic hydroxyl groups is 6. The molecule has 14 atom stereocenters. The molecule has 0 aromatic rings.